The fourth-order valence-corrected chi connectivity index (χ4v) is 3.94. The molecule has 3 aromatic rings. The van der Waals surface area contributed by atoms with Gasteiger partial charge in [-0.3, -0.25) is 9.59 Å². The molecule has 0 spiro atoms. The van der Waals surface area contributed by atoms with Crippen molar-refractivity contribution < 1.29 is 9.59 Å². The second-order valence-corrected chi connectivity index (χ2v) is 7.89. The van der Waals surface area contributed by atoms with Crippen LogP contribution in [0.25, 0.3) is 0 Å². The lowest BCUT2D eigenvalue weighted by atomic mass is 10.0. The molecule has 0 saturated heterocycles. The van der Waals surface area contributed by atoms with Gasteiger partial charge in [0.2, 0.25) is 5.91 Å². The van der Waals surface area contributed by atoms with E-state index in [9.17, 15) is 9.59 Å². The van der Waals surface area contributed by atoms with Crippen molar-refractivity contribution in [3.05, 3.63) is 99.5 Å². The van der Waals surface area contributed by atoms with Crippen LogP contribution in [0.15, 0.2) is 77.3 Å². The van der Waals surface area contributed by atoms with Gasteiger partial charge in [0.25, 0.3) is 5.91 Å². The van der Waals surface area contributed by atoms with Gasteiger partial charge in [0, 0.05) is 15.7 Å². The van der Waals surface area contributed by atoms with E-state index < -0.39 is 6.04 Å². The summed E-state index contributed by atoms with van der Waals surface area (Å²) in [4.78, 5) is 25.5. The highest BCUT2D eigenvalue weighted by Crippen LogP contribution is 2.26. The van der Waals surface area contributed by atoms with Crippen LogP contribution in [0, 0.1) is 13.8 Å². The fourth-order valence-electron chi connectivity index (χ4n) is 3.25. The second kappa shape index (κ2) is 9.52. The fraction of sp³-hybridized carbons (Fsp3) is 0.167. The highest BCUT2D eigenvalue weighted by molar-refractivity contribution is 9.10. The summed E-state index contributed by atoms with van der Waals surface area (Å²) in [6.07, 6.45) is 0.136. The molecular formula is C24H23BrN2O2. The standard InChI is InChI=1S/C24H23BrN2O2/c1-16-13-20(25)14-17(2)23(16)27-22(28)15-21(18-9-5-3-6-10-18)26-24(29)19-11-7-4-8-12-19/h3-14,21H,15H2,1-2H3,(H,26,29)(H,27,28)/t21-/m1/s1. The van der Waals surface area contributed by atoms with Crippen LogP contribution in [0.4, 0.5) is 5.69 Å². The van der Waals surface area contributed by atoms with E-state index in [0.29, 0.717) is 5.56 Å². The number of anilines is 1. The average molecular weight is 451 g/mol. The van der Waals surface area contributed by atoms with Gasteiger partial charge < -0.3 is 10.6 Å². The maximum atomic E-state index is 12.8. The zero-order chi connectivity index (χ0) is 20.8. The van der Waals surface area contributed by atoms with E-state index >= 15 is 0 Å². The Labute approximate surface area is 179 Å². The molecule has 0 unspecified atom stereocenters. The maximum Gasteiger partial charge on any atom is 0.251 e. The predicted octanol–water partition coefficient (Wildman–Crippen LogP) is 5.57. The zero-order valence-electron chi connectivity index (χ0n) is 16.4. The quantitative estimate of drug-likeness (QED) is 0.515. The number of hydrogen-bond acceptors (Lipinski definition) is 2. The van der Waals surface area contributed by atoms with Crippen molar-refractivity contribution in [3.8, 4) is 0 Å². The third-order valence-corrected chi connectivity index (χ3v) is 5.15. The van der Waals surface area contributed by atoms with Gasteiger partial charge in [0.15, 0.2) is 0 Å². The van der Waals surface area contributed by atoms with E-state index in [1.807, 2.05) is 74.5 Å². The number of halogens is 1. The Balaban J connectivity index is 1.78. The summed E-state index contributed by atoms with van der Waals surface area (Å²) in [5.41, 5.74) is 4.22. The lowest BCUT2D eigenvalue weighted by molar-refractivity contribution is -0.116. The van der Waals surface area contributed by atoms with Crippen molar-refractivity contribution in [1.29, 1.82) is 0 Å². The molecule has 5 heteroatoms. The Kier molecular flexibility index (Phi) is 6.83. The van der Waals surface area contributed by atoms with Crippen LogP contribution < -0.4 is 10.6 Å². The number of hydrogen-bond donors (Lipinski definition) is 2. The van der Waals surface area contributed by atoms with Gasteiger partial charge in [-0.25, -0.2) is 0 Å². The molecule has 0 aliphatic carbocycles. The van der Waals surface area contributed by atoms with Gasteiger partial charge >= 0.3 is 0 Å². The van der Waals surface area contributed by atoms with Crippen LogP contribution in [0.3, 0.4) is 0 Å². The van der Waals surface area contributed by atoms with Crippen molar-refractivity contribution in [3.63, 3.8) is 0 Å². The number of rotatable bonds is 6. The number of nitrogens with one attached hydrogen (secondary N) is 2. The molecule has 3 aromatic carbocycles. The first-order chi connectivity index (χ1) is 13.9. The van der Waals surface area contributed by atoms with E-state index in [-0.39, 0.29) is 18.2 Å². The molecule has 0 heterocycles. The van der Waals surface area contributed by atoms with Crippen molar-refractivity contribution in [2.45, 2.75) is 26.3 Å². The van der Waals surface area contributed by atoms with E-state index in [0.717, 1.165) is 26.9 Å². The largest absolute Gasteiger partial charge is 0.345 e. The Hall–Kier alpha value is -2.92. The molecule has 0 saturated carbocycles. The second-order valence-electron chi connectivity index (χ2n) is 6.97. The van der Waals surface area contributed by atoms with Crippen LogP contribution >= 0.6 is 15.9 Å². The third-order valence-electron chi connectivity index (χ3n) is 4.69. The molecule has 29 heavy (non-hydrogen) atoms. The highest BCUT2D eigenvalue weighted by Gasteiger charge is 2.20. The van der Waals surface area contributed by atoms with E-state index in [1.165, 1.54) is 0 Å². The minimum Gasteiger partial charge on any atom is -0.345 e. The normalized spacial score (nSPS) is 11.6. The molecule has 1 atom stereocenters. The molecule has 2 amide bonds. The summed E-state index contributed by atoms with van der Waals surface area (Å²) in [5, 5.41) is 6.01. The SMILES string of the molecule is Cc1cc(Br)cc(C)c1NC(=O)C[C@@H](NC(=O)c1ccccc1)c1ccccc1. The lowest BCUT2D eigenvalue weighted by Crippen LogP contribution is -2.31. The van der Waals surface area contributed by atoms with Crippen molar-refractivity contribution >= 4 is 33.4 Å². The highest BCUT2D eigenvalue weighted by atomic mass is 79.9. The minimum absolute atomic E-state index is 0.136. The number of carbonyl (C=O) groups excluding carboxylic acids is 2. The minimum atomic E-state index is -0.431. The monoisotopic (exact) mass is 450 g/mol. The first kappa shape index (κ1) is 20.8. The molecule has 0 aliphatic heterocycles. The maximum absolute atomic E-state index is 12.8. The summed E-state index contributed by atoms with van der Waals surface area (Å²) in [7, 11) is 0. The van der Waals surface area contributed by atoms with Gasteiger partial charge in [-0.05, 0) is 54.8 Å². The lowest BCUT2D eigenvalue weighted by Gasteiger charge is -2.20. The van der Waals surface area contributed by atoms with Gasteiger partial charge in [0.1, 0.15) is 0 Å². The molecule has 0 aliphatic rings. The van der Waals surface area contributed by atoms with Gasteiger partial charge in [-0.15, -0.1) is 0 Å². The van der Waals surface area contributed by atoms with Crippen LogP contribution in [-0.4, -0.2) is 11.8 Å². The molecule has 0 fully saturated rings. The number of benzene rings is 3. The number of aryl methyl sites for hydroxylation is 2. The molecular weight excluding hydrogens is 428 g/mol. The van der Waals surface area contributed by atoms with Crippen LogP contribution in [0.1, 0.15) is 39.5 Å². The summed E-state index contributed by atoms with van der Waals surface area (Å²) in [5.74, 6) is -0.357. The van der Waals surface area contributed by atoms with E-state index in [2.05, 4.69) is 26.6 Å². The molecule has 4 nitrogen and oxygen atoms in total. The van der Waals surface area contributed by atoms with Gasteiger partial charge in [0.05, 0.1) is 12.5 Å². The van der Waals surface area contributed by atoms with Crippen LogP contribution in [-0.2, 0) is 4.79 Å². The van der Waals surface area contributed by atoms with Gasteiger partial charge in [-0.1, -0.05) is 64.5 Å². The van der Waals surface area contributed by atoms with E-state index in [4.69, 9.17) is 0 Å². The summed E-state index contributed by atoms with van der Waals surface area (Å²) >= 11 is 3.47. The molecule has 2 N–H and O–H groups in total. The predicted molar refractivity (Wildman–Crippen MR) is 120 cm³/mol. The summed E-state index contributed by atoms with van der Waals surface area (Å²) in [6, 6.07) is 22.1. The topological polar surface area (TPSA) is 58.2 Å². The molecule has 0 bridgehead atoms. The Morgan fingerprint density at radius 2 is 1.45 bits per heavy atom. The van der Waals surface area contributed by atoms with Gasteiger partial charge in [-0.2, -0.15) is 0 Å². The Bertz CT molecular complexity index is 981. The van der Waals surface area contributed by atoms with Crippen LogP contribution in [0.2, 0.25) is 0 Å². The molecule has 3 rings (SSSR count). The molecule has 0 radical (unpaired) electrons. The first-order valence-electron chi connectivity index (χ1n) is 9.41. The zero-order valence-corrected chi connectivity index (χ0v) is 18.0. The smallest absolute Gasteiger partial charge is 0.251 e. The third kappa shape index (κ3) is 5.55. The summed E-state index contributed by atoms with van der Waals surface area (Å²) < 4.78 is 0.975. The van der Waals surface area contributed by atoms with Crippen molar-refractivity contribution in [2.24, 2.45) is 0 Å². The Morgan fingerprint density at radius 3 is 2.03 bits per heavy atom. The van der Waals surface area contributed by atoms with Crippen molar-refractivity contribution in [2.75, 3.05) is 5.32 Å². The molecule has 148 valence electrons. The molecule has 0 aromatic heterocycles. The number of amides is 2. The Morgan fingerprint density at radius 1 is 0.897 bits per heavy atom. The first-order valence-corrected chi connectivity index (χ1v) is 10.2. The van der Waals surface area contributed by atoms with Crippen LogP contribution in [0.5, 0.6) is 0 Å². The number of carbonyl (C=O) groups is 2. The van der Waals surface area contributed by atoms with E-state index in [1.54, 1.807) is 12.1 Å². The average Bonchev–Trinajstić information content (AvgIpc) is 2.71. The van der Waals surface area contributed by atoms with Crippen molar-refractivity contribution in [1.82, 2.24) is 5.32 Å². The summed E-state index contributed by atoms with van der Waals surface area (Å²) in [6.45, 7) is 3.92.